The monoisotopic (exact) mass is 370 g/mol. The normalized spacial score (nSPS) is 10.0. The van der Waals surface area contributed by atoms with E-state index >= 15 is 0 Å². The Labute approximate surface area is 159 Å². The zero-order valence-electron chi connectivity index (χ0n) is 15.7. The van der Waals surface area contributed by atoms with Crippen molar-refractivity contribution in [1.29, 1.82) is 0 Å². The van der Waals surface area contributed by atoms with Crippen molar-refractivity contribution < 1.29 is 14.3 Å². The molecule has 7 heteroatoms. The number of hydrogen-bond acceptors (Lipinski definition) is 4. The summed E-state index contributed by atoms with van der Waals surface area (Å²) >= 11 is 0. The lowest BCUT2D eigenvalue weighted by Crippen LogP contribution is -2.31. The largest absolute Gasteiger partial charge is 0.450 e. The van der Waals surface area contributed by atoms with Crippen LogP contribution in [0.25, 0.3) is 0 Å². The molecule has 0 unspecified atom stereocenters. The van der Waals surface area contributed by atoms with Crippen LogP contribution >= 0.6 is 0 Å². The van der Waals surface area contributed by atoms with Crippen LogP contribution in [0.4, 0.5) is 26.7 Å². The molecule has 0 bridgehead atoms. The number of para-hydroxylation sites is 1. The van der Waals surface area contributed by atoms with Gasteiger partial charge in [-0.2, -0.15) is 0 Å². The molecule has 0 saturated heterocycles. The van der Waals surface area contributed by atoms with E-state index in [2.05, 4.69) is 33.0 Å². The number of anilines is 3. The molecule has 0 spiro atoms. The van der Waals surface area contributed by atoms with Gasteiger partial charge in [-0.25, -0.2) is 9.59 Å². The van der Waals surface area contributed by atoms with Gasteiger partial charge in [0.05, 0.1) is 6.61 Å². The summed E-state index contributed by atoms with van der Waals surface area (Å²) in [5.74, 6) is 0. The Morgan fingerprint density at radius 1 is 0.963 bits per heavy atom. The van der Waals surface area contributed by atoms with Crippen LogP contribution in [0, 0.1) is 0 Å². The van der Waals surface area contributed by atoms with Crippen LogP contribution in [0.5, 0.6) is 0 Å². The summed E-state index contributed by atoms with van der Waals surface area (Å²) in [5.41, 5.74) is 2.39. The van der Waals surface area contributed by atoms with Gasteiger partial charge in [-0.05, 0) is 49.7 Å². The second-order valence-corrected chi connectivity index (χ2v) is 5.91. The number of hydrogen-bond donors (Lipinski definition) is 3. The lowest BCUT2D eigenvalue weighted by Gasteiger charge is -2.19. The highest BCUT2D eigenvalue weighted by Crippen LogP contribution is 2.14. The highest BCUT2D eigenvalue weighted by molar-refractivity contribution is 5.90. The Bertz CT molecular complexity index is 720. The number of nitrogens with zero attached hydrogens (tertiary/aromatic N) is 1. The van der Waals surface area contributed by atoms with Gasteiger partial charge in [0.1, 0.15) is 0 Å². The van der Waals surface area contributed by atoms with E-state index in [1.165, 1.54) is 0 Å². The molecule has 0 fully saturated rings. The van der Waals surface area contributed by atoms with Gasteiger partial charge < -0.3 is 20.3 Å². The Kier molecular flexibility index (Phi) is 7.96. The zero-order valence-corrected chi connectivity index (χ0v) is 15.7. The van der Waals surface area contributed by atoms with Crippen molar-refractivity contribution in [3.8, 4) is 0 Å². The molecule has 0 aliphatic carbocycles. The Morgan fingerprint density at radius 3 is 2.22 bits per heavy atom. The quantitative estimate of drug-likeness (QED) is 0.616. The molecular weight excluding hydrogens is 344 g/mol. The zero-order chi connectivity index (χ0) is 19.5. The molecule has 27 heavy (non-hydrogen) atoms. The van der Waals surface area contributed by atoms with E-state index in [4.69, 9.17) is 4.74 Å². The van der Waals surface area contributed by atoms with Gasteiger partial charge in [-0.15, -0.1) is 0 Å². The SMILES string of the molecule is CCOC(=O)Nc1ccc(NC(=O)NCCCN(C)c2ccccc2)cc1. The maximum Gasteiger partial charge on any atom is 0.411 e. The second kappa shape index (κ2) is 10.7. The number of nitrogens with one attached hydrogen (secondary N) is 3. The Hall–Kier alpha value is -3.22. The first-order chi connectivity index (χ1) is 13.1. The van der Waals surface area contributed by atoms with Crippen LogP contribution < -0.4 is 20.9 Å². The molecule has 144 valence electrons. The molecule has 2 aromatic rings. The molecule has 3 N–H and O–H groups in total. The molecule has 0 atom stereocenters. The lowest BCUT2D eigenvalue weighted by molar-refractivity contribution is 0.168. The number of benzene rings is 2. The number of rotatable bonds is 8. The smallest absolute Gasteiger partial charge is 0.411 e. The van der Waals surface area contributed by atoms with Crippen LogP contribution in [0.1, 0.15) is 13.3 Å². The molecule has 3 amide bonds. The van der Waals surface area contributed by atoms with Gasteiger partial charge in [0.15, 0.2) is 0 Å². The summed E-state index contributed by atoms with van der Waals surface area (Å²) in [4.78, 5) is 25.4. The highest BCUT2D eigenvalue weighted by atomic mass is 16.5. The molecular formula is C20H26N4O3. The Balaban J connectivity index is 1.67. The average molecular weight is 370 g/mol. The molecule has 2 aromatic carbocycles. The third kappa shape index (κ3) is 7.27. The first kappa shape index (κ1) is 20.1. The van der Waals surface area contributed by atoms with Crippen molar-refractivity contribution in [3.63, 3.8) is 0 Å². The first-order valence-corrected chi connectivity index (χ1v) is 8.93. The van der Waals surface area contributed by atoms with E-state index in [1.807, 2.05) is 25.2 Å². The number of amides is 3. The van der Waals surface area contributed by atoms with Crippen molar-refractivity contribution in [3.05, 3.63) is 54.6 Å². The number of carbonyl (C=O) groups is 2. The standard InChI is InChI=1S/C20H26N4O3/c1-3-27-20(26)23-17-12-10-16(11-13-17)22-19(25)21-14-7-15-24(2)18-8-5-4-6-9-18/h4-6,8-13H,3,7,14-15H2,1-2H3,(H,23,26)(H2,21,22,25). The number of urea groups is 1. The number of carbonyl (C=O) groups excluding carboxylic acids is 2. The second-order valence-electron chi connectivity index (χ2n) is 5.91. The van der Waals surface area contributed by atoms with Gasteiger partial charge in [0.2, 0.25) is 0 Å². The minimum absolute atomic E-state index is 0.261. The van der Waals surface area contributed by atoms with E-state index in [-0.39, 0.29) is 6.03 Å². The molecule has 0 saturated carbocycles. The molecule has 0 heterocycles. The molecule has 7 nitrogen and oxygen atoms in total. The minimum Gasteiger partial charge on any atom is -0.450 e. The van der Waals surface area contributed by atoms with E-state index in [0.717, 1.165) is 18.7 Å². The van der Waals surface area contributed by atoms with Gasteiger partial charge in [0.25, 0.3) is 0 Å². The fourth-order valence-corrected chi connectivity index (χ4v) is 2.43. The van der Waals surface area contributed by atoms with Crippen LogP contribution in [0.15, 0.2) is 54.6 Å². The van der Waals surface area contributed by atoms with Crippen molar-refractivity contribution >= 4 is 29.2 Å². The number of ether oxygens (including phenoxy) is 1. The van der Waals surface area contributed by atoms with Crippen LogP contribution in [0.3, 0.4) is 0 Å². The summed E-state index contributed by atoms with van der Waals surface area (Å²) in [6.07, 6.45) is 0.331. The van der Waals surface area contributed by atoms with Crippen LogP contribution in [-0.2, 0) is 4.74 Å². The predicted molar refractivity (Wildman–Crippen MR) is 108 cm³/mol. The van der Waals surface area contributed by atoms with Gasteiger partial charge >= 0.3 is 12.1 Å². The maximum absolute atomic E-state index is 11.9. The lowest BCUT2D eigenvalue weighted by atomic mass is 10.3. The van der Waals surface area contributed by atoms with Crippen molar-refractivity contribution in [1.82, 2.24) is 5.32 Å². The minimum atomic E-state index is -0.503. The first-order valence-electron chi connectivity index (χ1n) is 8.93. The topological polar surface area (TPSA) is 82.7 Å². The fourth-order valence-electron chi connectivity index (χ4n) is 2.43. The van der Waals surface area contributed by atoms with Gasteiger partial charge in [-0.1, -0.05) is 18.2 Å². The molecule has 0 aromatic heterocycles. The fraction of sp³-hybridized carbons (Fsp3) is 0.300. The van der Waals surface area contributed by atoms with Gasteiger partial charge in [0, 0.05) is 37.2 Å². The van der Waals surface area contributed by atoms with E-state index in [1.54, 1.807) is 31.2 Å². The average Bonchev–Trinajstić information content (AvgIpc) is 2.67. The van der Waals surface area contributed by atoms with Crippen molar-refractivity contribution in [2.75, 3.05) is 42.3 Å². The summed E-state index contributed by atoms with van der Waals surface area (Å²) in [7, 11) is 2.03. The third-order valence-electron chi connectivity index (χ3n) is 3.82. The van der Waals surface area contributed by atoms with Crippen LogP contribution in [-0.4, -0.2) is 38.9 Å². The van der Waals surface area contributed by atoms with Crippen LogP contribution in [0.2, 0.25) is 0 Å². The summed E-state index contributed by atoms with van der Waals surface area (Å²) in [5, 5.41) is 8.19. The van der Waals surface area contributed by atoms with E-state index < -0.39 is 6.09 Å². The molecule has 0 aliphatic rings. The summed E-state index contributed by atoms with van der Waals surface area (Å²) < 4.78 is 4.81. The molecule has 0 aliphatic heterocycles. The molecule has 2 rings (SSSR count). The Morgan fingerprint density at radius 2 is 1.59 bits per heavy atom. The van der Waals surface area contributed by atoms with Crippen molar-refractivity contribution in [2.24, 2.45) is 0 Å². The highest BCUT2D eigenvalue weighted by Gasteiger charge is 2.04. The van der Waals surface area contributed by atoms with E-state index in [9.17, 15) is 9.59 Å². The van der Waals surface area contributed by atoms with Gasteiger partial charge in [-0.3, -0.25) is 5.32 Å². The van der Waals surface area contributed by atoms with Crippen molar-refractivity contribution in [2.45, 2.75) is 13.3 Å². The summed E-state index contributed by atoms with van der Waals surface area (Å²) in [6, 6.07) is 16.7. The molecule has 0 radical (unpaired) electrons. The maximum atomic E-state index is 11.9. The predicted octanol–water partition coefficient (Wildman–Crippen LogP) is 3.90. The van der Waals surface area contributed by atoms with E-state index in [0.29, 0.717) is 24.5 Å². The summed E-state index contributed by atoms with van der Waals surface area (Å²) in [6.45, 7) is 3.47. The third-order valence-corrected chi connectivity index (χ3v) is 3.82.